The van der Waals surface area contributed by atoms with E-state index in [-0.39, 0.29) is 18.4 Å². The van der Waals surface area contributed by atoms with Crippen LogP contribution in [-0.2, 0) is 14.3 Å². The van der Waals surface area contributed by atoms with Gasteiger partial charge in [0.15, 0.2) is 0 Å². The Hall–Kier alpha value is -1.63. The van der Waals surface area contributed by atoms with E-state index in [1.807, 2.05) is 10.2 Å². The molecule has 1 rings (SSSR count). The molecule has 0 aromatic rings. The fourth-order valence-electron chi connectivity index (χ4n) is 1.94. The molecule has 17 heavy (non-hydrogen) atoms. The Balaban J connectivity index is 2.41. The number of hydrogen-bond donors (Lipinski definition) is 2. The van der Waals surface area contributed by atoms with Gasteiger partial charge in [0.1, 0.15) is 0 Å². The highest BCUT2D eigenvalue weighted by molar-refractivity contribution is 5.94. The molecule has 96 valence electrons. The lowest BCUT2D eigenvalue weighted by molar-refractivity contribution is -0.147. The molecule has 3 N–H and O–H groups in total. The highest BCUT2D eigenvalue weighted by Gasteiger charge is 2.27. The minimum atomic E-state index is -0.864. The van der Waals surface area contributed by atoms with Crippen molar-refractivity contribution in [2.75, 3.05) is 26.7 Å². The maximum atomic E-state index is 11.4. The number of likely N-dealkylation sites (tertiary alicyclic amines) is 1. The fraction of sp³-hybridized carbons (Fsp3) is 0.700. The fourth-order valence-corrected chi connectivity index (χ4v) is 1.94. The van der Waals surface area contributed by atoms with Crippen molar-refractivity contribution in [2.24, 2.45) is 11.7 Å². The maximum Gasteiger partial charge on any atom is 0.318 e. The van der Waals surface area contributed by atoms with Crippen molar-refractivity contribution in [3.05, 3.63) is 0 Å². The van der Waals surface area contributed by atoms with E-state index in [4.69, 9.17) is 5.73 Å². The van der Waals surface area contributed by atoms with Crippen LogP contribution in [0.1, 0.15) is 12.8 Å². The highest BCUT2D eigenvalue weighted by atomic mass is 16.5. The lowest BCUT2D eigenvalue weighted by Crippen LogP contribution is -2.46. The Morgan fingerprint density at radius 3 is 2.76 bits per heavy atom. The second-order valence-corrected chi connectivity index (χ2v) is 4.01. The number of hydrogen-bond acceptors (Lipinski definition) is 5. The number of carbonyl (C=O) groups is 3. The first-order chi connectivity index (χ1) is 8.02. The number of nitrogens with two attached hydrogens (primary N) is 1. The Morgan fingerprint density at radius 1 is 1.47 bits per heavy atom. The molecule has 0 spiro atoms. The zero-order valence-corrected chi connectivity index (χ0v) is 9.77. The van der Waals surface area contributed by atoms with Crippen molar-refractivity contribution in [1.29, 1.82) is 0 Å². The third kappa shape index (κ3) is 4.39. The van der Waals surface area contributed by atoms with E-state index in [1.165, 1.54) is 7.11 Å². The average Bonchev–Trinajstić information content (AvgIpc) is 2.27. The standard InChI is InChI=1S/C10H17N3O4/c1-17-9(15)7-3-2-4-13(5-7)6-8(14)12-10(11)16/h7H,2-6H2,1H3,(H3,11,12,14,16). The van der Waals surface area contributed by atoms with Crippen molar-refractivity contribution in [1.82, 2.24) is 10.2 Å². The van der Waals surface area contributed by atoms with Crippen molar-refractivity contribution in [3.63, 3.8) is 0 Å². The number of esters is 1. The molecule has 0 aromatic heterocycles. The van der Waals surface area contributed by atoms with E-state index in [0.717, 1.165) is 19.4 Å². The SMILES string of the molecule is COC(=O)C1CCCN(CC(=O)NC(N)=O)C1. The summed E-state index contributed by atoms with van der Waals surface area (Å²) in [4.78, 5) is 34.9. The Kier molecular flexibility index (Phi) is 4.89. The molecular formula is C10H17N3O4. The number of carbonyl (C=O) groups excluding carboxylic acids is 3. The van der Waals surface area contributed by atoms with Crippen LogP contribution < -0.4 is 11.1 Å². The molecule has 1 atom stereocenters. The third-order valence-corrected chi connectivity index (χ3v) is 2.67. The van der Waals surface area contributed by atoms with Gasteiger partial charge in [0.25, 0.3) is 0 Å². The van der Waals surface area contributed by atoms with Gasteiger partial charge in [-0.1, -0.05) is 0 Å². The van der Waals surface area contributed by atoms with Gasteiger partial charge < -0.3 is 10.5 Å². The van der Waals surface area contributed by atoms with Crippen molar-refractivity contribution < 1.29 is 19.1 Å². The molecule has 0 bridgehead atoms. The van der Waals surface area contributed by atoms with Gasteiger partial charge in [0.05, 0.1) is 19.6 Å². The maximum absolute atomic E-state index is 11.4. The lowest BCUT2D eigenvalue weighted by Gasteiger charge is -2.30. The van der Waals surface area contributed by atoms with Crippen LogP contribution in [0.5, 0.6) is 0 Å². The summed E-state index contributed by atoms with van der Waals surface area (Å²) in [5.74, 6) is -0.914. The minimum Gasteiger partial charge on any atom is -0.469 e. The van der Waals surface area contributed by atoms with Crippen LogP contribution in [-0.4, -0.2) is 49.6 Å². The number of amides is 3. The molecule has 1 aliphatic heterocycles. The molecule has 3 amide bonds. The van der Waals surface area contributed by atoms with Crippen LogP contribution in [0.3, 0.4) is 0 Å². The number of ether oxygens (including phenoxy) is 1. The summed E-state index contributed by atoms with van der Waals surface area (Å²) in [7, 11) is 1.35. The molecule has 0 radical (unpaired) electrons. The summed E-state index contributed by atoms with van der Waals surface area (Å²) in [6.07, 6.45) is 1.59. The minimum absolute atomic E-state index is 0.0659. The number of nitrogens with one attached hydrogen (secondary N) is 1. The monoisotopic (exact) mass is 243 g/mol. The summed E-state index contributed by atoms with van der Waals surface area (Å²) >= 11 is 0. The van der Waals surface area contributed by atoms with Gasteiger partial charge in [-0.25, -0.2) is 4.79 Å². The number of piperidine rings is 1. The van der Waals surface area contributed by atoms with Crippen LogP contribution in [0, 0.1) is 5.92 Å². The molecule has 7 heteroatoms. The van der Waals surface area contributed by atoms with E-state index in [1.54, 1.807) is 0 Å². The van der Waals surface area contributed by atoms with Gasteiger partial charge in [-0.15, -0.1) is 0 Å². The van der Waals surface area contributed by atoms with Crippen molar-refractivity contribution in [2.45, 2.75) is 12.8 Å². The van der Waals surface area contributed by atoms with Crippen molar-refractivity contribution in [3.8, 4) is 0 Å². The van der Waals surface area contributed by atoms with E-state index in [9.17, 15) is 14.4 Å². The van der Waals surface area contributed by atoms with Gasteiger partial charge in [0.2, 0.25) is 5.91 Å². The van der Waals surface area contributed by atoms with Crippen LogP contribution in [0.2, 0.25) is 0 Å². The molecule has 1 fully saturated rings. The number of urea groups is 1. The van der Waals surface area contributed by atoms with Gasteiger partial charge in [-0.3, -0.25) is 19.8 Å². The summed E-state index contributed by atoms with van der Waals surface area (Å²) in [5, 5.41) is 1.99. The first kappa shape index (κ1) is 13.4. The normalized spacial score (nSPS) is 20.6. The number of imide groups is 1. The van der Waals surface area contributed by atoms with Gasteiger partial charge in [-0.05, 0) is 19.4 Å². The van der Waals surface area contributed by atoms with Gasteiger partial charge in [-0.2, -0.15) is 0 Å². The van der Waals surface area contributed by atoms with E-state index < -0.39 is 11.9 Å². The van der Waals surface area contributed by atoms with Crippen LogP contribution >= 0.6 is 0 Å². The molecule has 1 saturated heterocycles. The van der Waals surface area contributed by atoms with E-state index in [0.29, 0.717) is 6.54 Å². The summed E-state index contributed by atoms with van der Waals surface area (Å²) in [6.45, 7) is 1.26. The van der Waals surface area contributed by atoms with Crippen molar-refractivity contribution >= 4 is 17.9 Å². The third-order valence-electron chi connectivity index (χ3n) is 2.67. The second-order valence-electron chi connectivity index (χ2n) is 4.01. The Labute approximate surface area is 99.3 Å². The topological polar surface area (TPSA) is 102 Å². The lowest BCUT2D eigenvalue weighted by atomic mass is 9.98. The predicted molar refractivity (Wildman–Crippen MR) is 58.9 cm³/mol. The average molecular weight is 243 g/mol. The summed E-state index contributed by atoms with van der Waals surface area (Å²) in [5.41, 5.74) is 4.83. The molecule has 0 aliphatic carbocycles. The first-order valence-electron chi connectivity index (χ1n) is 5.42. The van der Waals surface area contributed by atoms with Crippen LogP contribution in [0.15, 0.2) is 0 Å². The molecular weight excluding hydrogens is 226 g/mol. The zero-order valence-electron chi connectivity index (χ0n) is 9.77. The number of primary amides is 1. The zero-order chi connectivity index (χ0) is 12.8. The molecule has 7 nitrogen and oxygen atoms in total. The number of nitrogens with zero attached hydrogens (tertiary/aromatic N) is 1. The molecule has 0 aromatic carbocycles. The Morgan fingerprint density at radius 2 is 2.18 bits per heavy atom. The smallest absolute Gasteiger partial charge is 0.318 e. The van der Waals surface area contributed by atoms with Crippen LogP contribution in [0.25, 0.3) is 0 Å². The molecule has 0 saturated carbocycles. The number of rotatable bonds is 3. The predicted octanol–water partition coefficient (Wildman–Crippen LogP) is -0.934. The number of methoxy groups -OCH3 is 1. The summed E-state index contributed by atoms with van der Waals surface area (Å²) in [6, 6.07) is -0.864. The molecule has 1 unspecified atom stereocenters. The first-order valence-corrected chi connectivity index (χ1v) is 5.42. The quantitative estimate of drug-likeness (QED) is 0.623. The Bertz CT molecular complexity index is 319. The van der Waals surface area contributed by atoms with E-state index in [2.05, 4.69) is 4.74 Å². The largest absolute Gasteiger partial charge is 0.469 e. The second kappa shape index (κ2) is 6.19. The molecule has 1 heterocycles. The van der Waals surface area contributed by atoms with Gasteiger partial charge >= 0.3 is 12.0 Å². The molecule has 1 aliphatic rings. The van der Waals surface area contributed by atoms with E-state index >= 15 is 0 Å². The van der Waals surface area contributed by atoms with Crippen LogP contribution in [0.4, 0.5) is 4.79 Å². The highest BCUT2D eigenvalue weighted by Crippen LogP contribution is 2.17. The van der Waals surface area contributed by atoms with Gasteiger partial charge in [0, 0.05) is 6.54 Å². The summed E-state index contributed by atoms with van der Waals surface area (Å²) < 4.78 is 4.67.